The Kier molecular flexibility index (Phi) is 6.27. The Bertz CT molecular complexity index is 961. The molecule has 0 aliphatic carbocycles. The van der Waals surface area contributed by atoms with E-state index in [0.717, 1.165) is 35.4 Å². The van der Waals surface area contributed by atoms with Crippen LogP contribution in [0.15, 0.2) is 48.5 Å². The standard InChI is InChI=1S/C23H25N3O/c1-3-4-5-8-15-27-20-13-11-18(12-14-20)16-19(17-24)23-25-21-9-6-7-10-22(21)26(23)2/h6-7,9-14,16H,3-5,8,15H2,1-2H3. The molecule has 0 fully saturated rings. The zero-order chi connectivity index (χ0) is 19.1. The first-order chi connectivity index (χ1) is 13.2. The van der Waals surface area contributed by atoms with Gasteiger partial charge in [0.1, 0.15) is 11.8 Å². The monoisotopic (exact) mass is 359 g/mol. The molecule has 27 heavy (non-hydrogen) atoms. The number of ether oxygens (including phenoxy) is 1. The average molecular weight is 359 g/mol. The van der Waals surface area contributed by atoms with Crippen LogP contribution < -0.4 is 4.74 Å². The highest BCUT2D eigenvalue weighted by molar-refractivity contribution is 5.90. The van der Waals surface area contributed by atoms with E-state index in [1.807, 2.05) is 66.2 Å². The molecule has 1 heterocycles. The Morgan fingerprint density at radius 3 is 2.59 bits per heavy atom. The first-order valence-corrected chi connectivity index (χ1v) is 9.49. The summed E-state index contributed by atoms with van der Waals surface area (Å²) in [6.45, 7) is 2.95. The van der Waals surface area contributed by atoms with E-state index >= 15 is 0 Å². The van der Waals surface area contributed by atoms with Gasteiger partial charge in [-0.3, -0.25) is 0 Å². The quantitative estimate of drug-likeness (QED) is 0.389. The molecule has 0 saturated heterocycles. The van der Waals surface area contributed by atoms with Crippen LogP contribution in [0.1, 0.15) is 44.0 Å². The van der Waals surface area contributed by atoms with Crippen molar-refractivity contribution >= 4 is 22.7 Å². The minimum Gasteiger partial charge on any atom is -0.494 e. The van der Waals surface area contributed by atoms with Crippen LogP contribution in [0, 0.1) is 11.3 Å². The van der Waals surface area contributed by atoms with E-state index in [2.05, 4.69) is 18.0 Å². The predicted molar refractivity (Wildman–Crippen MR) is 110 cm³/mol. The second kappa shape index (κ2) is 9.05. The van der Waals surface area contributed by atoms with Gasteiger partial charge < -0.3 is 9.30 Å². The van der Waals surface area contributed by atoms with Gasteiger partial charge >= 0.3 is 0 Å². The summed E-state index contributed by atoms with van der Waals surface area (Å²) in [5, 5.41) is 9.64. The molecular weight excluding hydrogens is 334 g/mol. The largest absolute Gasteiger partial charge is 0.494 e. The number of aromatic nitrogens is 2. The van der Waals surface area contributed by atoms with Crippen molar-refractivity contribution in [3.05, 3.63) is 59.9 Å². The highest BCUT2D eigenvalue weighted by Crippen LogP contribution is 2.23. The van der Waals surface area contributed by atoms with E-state index in [1.165, 1.54) is 19.3 Å². The van der Waals surface area contributed by atoms with E-state index in [9.17, 15) is 5.26 Å². The molecule has 4 nitrogen and oxygen atoms in total. The van der Waals surface area contributed by atoms with Crippen LogP contribution in [0.4, 0.5) is 0 Å². The van der Waals surface area contributed by atoms with E-state index in [4.69, 9.17) is 4.74 Å². The topological polar surface area (TPSA) is 50.8 Å². The van der Waals surface area contributed by atoms with Crippen LogP contribution >= 0.6 is 0 Å². The summed E-state index contributed by atoms with van der Waals surface area (Å²) in [5.74, 6) is 1.54. The van der Waals surface area contributed by atoms with Gasteiger partial charge in [0.15, 0.2) is 5.82 Å². The molecule has 0 aliphatic heterocycles. The SMILES string of the molecule is CCCCCCOc1ccc(C=C(C#N)c2nc3ccccc3n2C)cc1. The van der Waals surface area contributed by atoms with E-state index in [0.29, 0.717) is 11.4 Å². The normalized spacial score (nSPS) is 11.5. The molecule has 0 atom stereocenters. The number of aryl methyl sites for hydroxylation is 1. The first kappa shape index (κ1) is 18.7. The maximum atomic E-state index is 9.64. The van der Waals surface area contributed by atoms with Crippen molar-refractivity contribution in [3.63, 3.8) is 0 Å². The van der Waals surface area contributed by atoms with Gasteiger partial charge in [-0.15, -0.1) is 0 Å². The van der Waals surface area contributed by atoms with E-state index in [1.54, 1.807) is 0 Å². The molecule has 0 aliphatic rings. The van der Waals surface area contributed by atoms with Crippen LogP contribution in [0.25, 0.3) is 22.7 Å². The zero-order valence-corrected chi connectivity index (χ0v) is 16.0. The lowest BCUT2D eigenvalue weighted by Crippen LogP contribution is -1.97. The number of unbranched alkanes of at least 4 members (excludes halogenated alkanes) is 3. The molecule has 3 rings (SSSR count). The third-order valence-electron chi connectivity index (χ3n) is 4.61. The number of nitriles is 1. The van der Waals surface area contributed by atoms with Crippen molar-refractivity contribution in [2.24, 2.45) is 7.05 Å². The van der Waals surface area contributed by atoms with Gasteiger partial charge in [-0.2, -0.15) is 5.26 Å². The van der Waals surface area contributed by atoms with Crippen molar-refractivity contribution in [2.45, 2.75) is 32.6 Å². The average Bonchev–Trinajstić information content (AvgIpc) is 3.04. The summed E-state index contributed by atoms with van der Waals surface area (Å²) in [6, 6.07) is 18.0. The maximum absolute atomic E-state index is 9.64. The molecule has 0 N–H and O–H groups in total. The predicted octanol–water partition coefficient (Wildman–Crippen LogP) is 5.60. The fraction of sp³-hybridized carbons (Fsp3) is 0.304. The number of para-hydroxylation sites is 2. The van der Waals surface area contributed by atoms with Crippen molar-refractivity contribution in [1.29, 1.82) is 5.26 Å². The van der Waals surface area contributed by atoms with Crippen molar-refractivity contribution in [1.82, 2.24) is 9.55 Å². The molecule has 2 aromatic carbocycles. The lowest BCUT2D eigenvalue weighted by atomic mass is 10.1. The van der Waals surface area contributed by atoms with E-state index < -0.39 is 0 Å². The highest BCUT2D eigenvalue weighted by Gasteiger charge is 2.11. The minimum atomic E-state index is 0.543. The van der Waals surface area contributed by atoms with Crippen molar-refractivity contribution < 1.29 is 4.74 Å². The molecule has 0 amide bonds. The Labute approximate surface area is 160 Å². The molecule has 4 heteroatoms. The third kappa shape index (κ3) is 4.57. The fourth-order valence-electron chi connectivity index (χ4n) is 3.08. The third-order valence-corrected chi connectivity index (χ3v) is 4.61. The van der Waals surface area contributed by atoms with Gasteiger partial charge in [0.05, 0.1) is 23.2 Å². The van der Waals surface area contributed by atoms with Crippen molar-refractivity contribution in [3.8, 4) is 11.8 Å². The number of hydrogen-bond donors (Lipinski definition) is 0. The van der Waals surface area contributed by atoms with Gasteiger partial charge in [0, 0.05) is 7.05 Å². The van der Waals surface area contributed by atoms with Crippen LogP contribution in [0.3, 0.4) is 0 Å². The number of fused-ring (bicyclic) bond motifs is 1. The highest BCUT2D eigenvalue weighted by atomic mass is 16.5. The molecule has 0 saturated carbocycles. The molecule has 3 aromatic rings. The van der Waals surface area contributed by atoms with Crippen LogP contribution in [0.2, 0.25) is 0 Å². The van der Waals surface area contributed by atoms with Crippen LogP contribution in [0.5, 0.6) is 5.75 Å². The molecular formula is C23H25N3O. The fourth-order valence-corrected chi connectivity index (χ4v) is 3.08. The summed E-state index contributed by atoms with van der Waals surface area (Å²) in [6.07, 6.45) is 6.65. The number of nitrogens with zero attached hydrogens (tertiary/aromatic N) is 3. The lowest BCUT2D eigenvalue weighted by Gasteiger charge is -2.06. The smallest absolute Gasteiger partial charge is 0.151 e. The number of benzene rings is 2. The molecule has 0 radical (unpaired) electrons. The van der Waals surface area contributed by atoms with Gasteiger partial charge in [0.2, 0.25) is 0 Å². The Hall–Kier alpha value is -3.06. The second-order valence-corrected chi connectivity index (χ2v) is 6.63. The first-order valence-electron chi connectivity index (χ1n) is 9.49. The number of allylic oxidation sites excluding steroid dienone is 1. The minimum absolute atomic E-state index is 0.543. The summed E-state index contributed by atoms with van der Waals surface area (Å²) in [4.78, 5) is 4.61. The summed E-state index contributed by atoms with van der Waals surface area (Å²) in [5.41, 5.74) is 3.40. The van der Waals surface area contributed by atoms with Crippen LogP contribution in [-0.4, -0.2) is 16.2 Å². The summed E-state index contributed by atoms with van der Waals surface area (Å²) < 4.78 is 7.74. The van der Waals surface area contributed by atoms with Crippen LogP contribution in [-0.2, 0) is 7.05 Å². The molecule has 1 aromatic heterocycles. The molecule has 0 unspecified atom stereocenters. The molecule has 0 spiro atoms. The summed E-state index contributed by atoms with van der Waals surface area (Å²) in [7, 11) is 1.94. The Balaban J connectivity index is 1.74. The van der Waals surface area contributed by atoms with Gasteiger partial charge in [-0.1, -0.05) is 50.5 Å². The number of hydrogen-bond acceptors (Lipinski definition) is 3. The van der Waals surface area contributed by atoms with Gasteiger partial charge in [-0.05, 0) is 42.3 Å². The van der Waals surface area contributed by atoms with E-state index in [-0.39, 0.29) is 0 Å². The summed E-state index contributed by atoms with van der Waals surface area (Å²) >= 11 is 0. The van der Waals surface area contributed by atoms with Gasteiger partial charge in [0.25, 0.3) is 0 Å². The Morgan fingerprint density at radius 2 is 1.89 bits per heavy atom. The second-order valence-electron chi connectivity index (χ2n) is 6.63. The lowest BCUT2D eigenvalue weighted by molar-refractivity contribution is 0.305. The van der Waals surface area contributed by atoms with Crippen molar-refractivity contribution in [2.75, 3.05) is 6.61 Å². The number of rotatable bonds is 8. The molecule has 0 bridgehead atoms. The number of imidazole rings is 1. The van der Waals surface area contributed by atoms with Gasteiger partial charge in [-0.25, -0.2) is 4.98 Å². The zero-order valence-electron chi connectivity index (χ0n) is 16.0. The molecule has 138 valence electrons. The maximum Gasteiger partial charge on any atom is 0.151 e. The Morgan fingerprint density at radius 1 is 1.11 bits per heavy atom.